The topological polar surface area (TPSA) is 103 Å². The second-order valence-corrected chi connectivity index (χ2v) is 8.90. The third-order valence-corrected chi connectivity index (χ3v) is 6.31. The molecule has 4 aromatic rings. The van der Waals surface area contributed by atoms with Crippen LogP contribution in [0.3, 0.4) is 0 Å². The fraction of sp³-hybridized carbons (Fsp3) is 0.136. The van der Waals surface area contributed by atoms with Crippen LogP contribution in [0.1, 0.15) is 15.9 Å². The number of fused-ring (bicyclic) bond motifs is 3. The fourth-order valence-corrected chi connectivity index (χ4v) is 4.40. The predicted octanol–water partition coefficient (Wildman–Crippen LogP) is 4.21. The second-order valence-electron chi connectivity index (χ2n) is 7.23. The van der Waals surface area contributed by atoms with E-state index in [4.69, 9.17) is 10.5 Å². The molecule has 0 atom stereocenters. The standard InChI is InChI=1S/C22H18F3N3O4S/c1-32-17-11-10-15(27-33(30,31)22(23,24)25)20-19(17)18-14(21(26)29)8-5-9-16(18)28(20)12-13-6-3-2-4-7-13/h2-11,27H,12H2,1H3,(H2,26,29). The highest BCUT2D eigenvalue weighted by molar-refractivity contribution is 7.93. The van der Waals surface area contributed by atoms with Gasteiger partial charge in [-0.3, -0.25) is 9.52 Å². The number of aromatic nitrogens is 1. The van der Waals surface area contributed by atoms with E-state index in [9.17, 15) is 26.4 Å². The number of nitrogens with one attached hydrogen (secondary N) is 1. The van der Waals surface area contributed by atoms with Crippen molar-refractivity contribution in [3.05, 3.63) is 71.8 Å². The van der Waals surface area contributed by atoms with Gasteiger partial charge in [0.1, 0.15) is 5.75 Å². The highest BCUT2D eigenvalue weighted by atomic mass is 32.2. The molecular formula is C22H18F3N3O4S. The lowest BCUT2D eigenvalue weighted by Crippen LogP contribution is -2.30. The fourth-order valence-electron chi connectivity index (χ4n) is 3.83. The summed E-state index contributed by atoms with van der Waals surface area (Å²) in [6.07, 6.45) is 0. The van der Waals surface area contributed by atoms with Crippen LogP contribution >= 0.6 is 0 Å². The first-order valence-electron chi connectivity index (χ1n) is 9.60. The molecule has 0 unspecified atom stereocenters. The molecule has 11 heteroatoms. The first kappa shape index (κ1) is 22.5. The van der Waals surface area contributed by atoms with Gasteiger partial charge in [0.25, 0.3) is 0 Å². The summed E-state index contributed by atoms with van der Waals surface area (Å²) >= 11 is 0. The van der Waals surface area contributed by atoms with Crippen molar-refractivity contribution in [3.8, 4) is 5.75 Å². The van der Waals surface area contributed by atoms with Crippen LogP contribution in [0, 0.1) is 0 Å². The molecule has 172 valence electrons. The van der Waals surface area contributed by atoms with Gasteiger partial charge in [0.05, 0.1) is 29.2 Å². The van der Waals surface area contributed by atoms with Crippen LogP contribution in [0.4, 0.5) is 18.9 Å². The molecule has 1 aromatic heterocycles. The molecule has 0 spiro atoms. The number of methoxy groups -OCH3 is 1. The molecule has 0 aliphatic carbocycles. The van der Waals surface area contributed by atoms with Gasteiger partial charge in [-0.1, -0.05) is 36.4 Å². The van der Waals surface area contributed by atoms with Crippen molar-refractivity contribution in [3.63, 3.8) is 0 Å². The molecule has 1 amide bonds. The number of ether oxygens (including phenoxy) is 1. The summed E-state index contributed by atoms with van der Waals surface area (Å²) in [6.45, 7) is 0.178. The number of primary amides is 1. The molecule has 0 fully saturated rings. The van der Waals surface area contributed by atoms with Crippen LogP contribution in [-0.2, 0) is 16.6 Å². The Balaban J connectivity index is 2.14. The largest absolute Gasteiger partial charge is 0.516 e. The van der Waals surface area contributed by atoms with Crippen molar-refractivity contribution in [2.45, 2.75) is 12.1 Å². The summed E-state index contributed by atoms with van der Waals surface area (Å²) in [5.74, 6) is -0.506. The minimum absolute atomic E-state index is 0.120. The maximum Gasteiger partial charge on any atom is 0.516 e. The van der Waals surface area contributed by atoms with Gasteiger partial charge in [-0.15, -0.1) is 0 Å². The van der Waals surface area contributed by atoms with Crippen LogP contribution in [0.5, 0.6) is 5.75 Å². The van der Waals surface area contributed by atoms with E-state index in [-0.39, 0.29) is 34.4 Å². The highest BCUT2D eigenvalue weighted by Crippen LogP contribution is 2.42. The quantitative estimate of drug-likeness (QED) is 0.434. The number of carbonyl (C=O) groups is 1. The Bertz CT molecular complexity index is 1480. The van der Waals surface area contributed by atoms with Crippen molar-refractivity contribution < 1.29 is 31.1 Å². The third kappa shape index (κ3) is 3.84. The molecule has 0 aliphatic heterocycles. The van der Waals surface area contributed by atoms with E-state index >= 15 is 0 Å². The smallest absolute Gasteiger partial charge is 0.496 e. The van der Waals surface area contributed by atoms with Crippen LogP contribution in [0.2, 0.25) is 0 Å². The normalized spacial score (nSPS) is 12.2. The Labute approximate surface area is 186 Å². The van der Waals surface area contributed by atoms with E-state index < -0.39 is 21.4 Å². The first-order chi connectivity index (χ1) is 15.5. The lowest BCUT2D eigenvalue weighted by atomic mass is 10.0. The number of nitrogens with zero attached hydrogens (tertiary/aromatic N) is 1. The summed E-state index contributed by atoms with van der Waals surface area (Å²) in [4.78, 5) is 12.2. The van der Waals surface area contributed by atoms with Crippen molar-refractivity contribution in [1.29, 1.82) is 0 Å². The number of nitrogens with two attached hydrogens (primary N) is 1. The monoisotopic (exact) mass is 477 g/mol. The number of amides is 1. The average Bonchev–Trinajstić information content (AvgIpc) is 3.09. The highest BCUT2D eigenvalue weighted by Gasteiger charge is 2.46. The number of hydrogen-bond donors (Lipinski definition) is 2. The lowest BCUT2D eigenvalue weighted by molar-refractivity contribution is -0.0429. The van der Waals surface area contributed by atoms with E-state index in [0.29, 0.717) is 10.9 Å². The molecule has 1 heterocycles. The molecule has 33 heavy (non-hydrogen) atoms. The van der Waals surface area contributed by atoms with E-state index in [1.807, 2.05) is 18.2 Å². The minimum atomic E-state index is -5.71. The Morgan fingerprint density at radius 2 is 1.73 bits per heavy atom. The zero-order valence-electron chi connectivity index (χ0n) is 17.2. The van der Waals surface area contributed by atoms with Gasteiger partial charge in [0, 0.05) is 17.5 Å². The Kier molecular flexibility index (Phi) is 5.44. The van der Waals surface area contributed by atoms with Gasteiger partial charge in [-0.05, 0) is 29.8 Å². The van der Waals surface area contributed by atoms with Gasteiger partial charge in [-0.2, -0.15) is 21.6 Å². The van der Waals surface area contributed by atoms with Crippen LogP contribution < -0.4 is 15.2 Å². The number of halogens is 3. The molecule has 0 saturated carbocycles. The maximum atomic E-state index is 13.1. The summed E-state index contributed by atoms with van der Waals surface area (Å²) in [6, 6.07) is 16.3. The van der Waals surface area contributed by atoms with Gasteiger partial charge >= 0.3 is 15.5 Å². The Hall–Kier alpha value is -3.73. The Morgan fingerprint density at radius 3 is 2.33 bits per heavy atom. The molecule has 0 saturated heterocycles. The minimum Gasteiger partial charge on any atom is -0.496 e. The molecule has 3 N–H and O–H groups in total. The lowest BCUT2D eigenvalue weighted by Gasteiger charge is -2.15. The SMILES string of the molecule is COc1ccc(NS(=O)(=O)C(F)(F)F)c2c1c1c(C(N)=O)cccc1n2Cc1ccccc1. The van der Waals surface area contributed by atoms with Gasteiger partial charge in [-0.25, -0.2) is 0 Å². The molecule has 0 radical (unpaired) electrons. The number of anilines is 1. The Morgan fingerprint density at radius 1 is 1.03 bits per heavy atom. The molecule has 3 aromatic carbocycles. The number of alkyl halides is 3. The zero-order valence-corrected chi connectivity index (χ0v) is 18.0. The maximum absolute atomic E-state index is 13.1. The molecule has 0 aliphatic rings. The molecule has 7 nitrogen and oxygen atoms in total. The van der Waals surface area contributed by atoms with Gasteiger partial charge in [0.15, 0.2) is 0 Å². The second kappa shape index (κ2) is 8.00. The molecule has 4 rings (SSSR count). The van der Waals surface area contributed by atoms with Crippen molar-refractivity contribution in [1.82, 2.24) is 4.57 Å². The zero-order chi connectivity index (χ0) is 24.0. The first-order valence-corrected chi connectivity index (χ1v) is 11.1. The summed E-state index contributed by atoms with van der Waals surface area (Å²) < 4.78 is 72.0. The van der Waals surface area contributed by atoms with Crippen molar-refractivity contribution in [2.24, 2.45) is 5.73 Å². The third-order valence-electron chi connectivity index (χ3n) is 5.21. The van der Waals surface area contributed by atoms with E-state index in [0.717, 1.165) is 5.56 Å². The van der Waals surface area contributed by atoms with E-state index in [2.05, 4.69) is 0 Å². The summed E-state index contributed by atoms with van der Waals surface area (Å²) in [7, 11) is -4.35. The van der Waals surface area contributed by atoms with Crippen LogP contribution in [0.15, 0.2) is 60.7 Å². The van der Waals surface area contributed by atoms with Crippen molar-refractivity contribution in [2.75, 3.05) is 11.8 Å². The van der Waals surface area contributed by atoms with Crippen molar-refractivity contribution >= 4 is 43.4 Å². The van der Waals surface area contributed by atoms with Gasteiger partial charge < -0.3 is 15.0 Å². The number of sulfonamides is 1. The van der Waals surface area contributed by atoms with Crippen LogP contribution in [0.25, 0.3) is 21.8 Å². The van der Waals surface area contributed by atoms with Crippen LogP contribution in [-0.4, -0.2) is 31.5 Å². The number of rotatable bonds is 6. The number of hydrogen-bond acceptors (Lipinski definition) is 4. The summed E-state index contributed by atoms with van der Waals surface area (Å²) in [5, 5.41) is 0.612. The van der Waals surface area contributed by atoms with E-state index in [1.54, 1.807) is 33.6 Å². The van der Waals surface area contributed by atoms with E-state index in [1.165, 1.54) is 25.3 Å². The predicted molar refractivity (Wildman–Crippen MR) is 119 cm³/mol. The summed E-state index contributed by atoms with van der Waals surface area (Å²) in [5.41, 5.74) is 1.25. The van der Waals surface area contributed by atoms with Gasteiger partial charge in [0.2, 0.25) is 5.91 Å². The molecular weight excluding hydrogens is 459 g/mol. The number of carbonyl (C=O) groups excluding carboxylic acids is 1. The number of benzene rings is 3. The molecule has 0 bridgehead atoms. The average molecular weight is 477 g/mol.